The van der Waals surface area contributed by atoms with Gasteiger partial charge < -0.3 is 10.8 Å². The summed E-state index contributed by atoms with van der Waals surface area (Å²) in [7, 11) is 0. The molecule has 1 rings (SSSR count). The Labute approximate surface area is 93.7 Å². The molecule has 0 amide bonds. The van der Waals surface area contributed by atoms with Crippen molar-refractivity contribution in [2.45, 2.75) is 19.4 Å². The van der Waals surface area contributed by atoms with Gasteiger partial charge in [-0.25, -0.2) is 4.39 Å². The molecular weight excluding hydrogens is 219 g/mol. The van der Waals surface area contributed by atoms with Crippen molar-refractivity contribution >= 4 is 12.4 Å². The maximum atomic E-state index is 13.0. The van der Waals surface area contributed by atoms with Crippen LogP contribution in [0, 0.1) is 17.1 Å². The summed E-state index contributed by atoms with van der Waals surface area (Å²) in [6, 6.07) is 3.73. The molecule has 5 heteroatoms. The summed E-state index contributed by atoms with van der Waals surface area (Å²) in [5, 5.41) is 18.1. The number of nitriles is 1. The second kappa shape index (κ2) is 5.54. The zero-order valence-electron chi connectivity index (χ0n) is 8.20. The number of hydrogen-bond acceptors (Lipinski definition) is 3. The van der Waals surface area contributed by atoms with Crippen molar-refractivity contribution in [1.29, 1.82) is 5.26 Å². The van der Waals surface area contributed by atoms with Gasteiger partial charge >= 0.3 is 0 Å². The molecule has 0 heterocycles. The normalized spacial score (nSPS) is 11.3. The highest BCUT2D eigenvalue weighted by Crippen LogP contribution is 2.30. The fourth-order valence-corrected chi connectivity index (χ4v) is 1.26. The van der Waals surface area contributed by atoms with Gasteiger partial charge in [-0.05, 0) is 18.6 Å². The smallest absolute Gasteiger partial charge is 0.165 e. The zero-order valence-corrected chi connectivity index (χ0v) is 9.01. The molecule has 0 aliphatic rings. The minimum atomic E-state index is -0.747. The average molecular weight is 231 g/mol. The minimum absolute atomic E-state index is 0. The van der Waals surface area contributed by atoms with Crippen molar-refractivity contribution in [1.82, 2.24) is 0 Å². The summed E-state index contributed by atoms with van der Waals surface area (Å²) in [5.41, 5.74) is 6.07. The molecule has 1 aromatic rings. The maximum absolute atomic E-state index is 13.0. The molecule has 0 aromatic heterocycles. The minimum Gasteiger partial charge on any atom is -0.505 e. The standard InChI is InChI=1S/C10H11FN2O.ClH/c1-2-8(13)9-6(5-12)3-4-7(11)10(9)14;/h3-4,8,14H,2,13H2,1H3;1H/t8-;/m0./s1. The molecule has 0 bridgehead atoms. The van der Waals surface area contributed by atoms with E-state index >= 15 is 0 Å². The predicted molar refractivity (Wildman–Crippen MR) is 57.2 cm³/mol. The molecule has 0 aliphatic carbocycles. The Morgan fingerprint density at radius 1 is 1.60 bits per heavy atom. The number of halogens is 2. The molecule has 0 saturated carbocycles. The molecule has 3 N–H and O–H groups in total. The van der Waals surface area contributed by atoms with Crippen LogP contribution in [0.3, 0.4) is 0 Å². The highest BCUT2D eigenvalue weighted by atomic mass is 35.5. The Morgan fingerprint density at radius 3 is 2.67 bits per heavy atom. The number of benzene rings is 1. The number of nitrogens with zero attached hydrogens (tertiary/aromatic N) is 1. The first kappa shape index (κ1) is 13.7. The topological polar surface area (TPSA) is 70.0 Å². The molecule has 82 valence electrons. The summed E-state index contributed by atoms with van der Waals surface area (Å²) < 4.78 is 13.0. The molecule has 3 nitrogen and oxygen atoms in total. The molecule has 0 spiro atoms. The Balaban J connectivity index is 0.00000196. The van der Waals surface area contributed by atoms with Crippen LogP contribution in [0.1, 0.15) is 30.5 Å². The van der Waals surface area contributed by atoms with Crippen LogP contribution in [-0.2, 0) is 0 Å². The number of nitrogens with two attached hydrogens (primary N) is 1. The van der Waals surface area contributed by atoms with Gasteiger partial charge in [-0.15, -0.1) is 12.4 Å². The monoisotopic (exact) mass is 230 g/mol. The highest BCUT2D eigenvalue weighted by molar-refractivity contribution is 5.85. The first-order valence-corrected chi connectivity index (χ1v) is 4.28. The van der Waals surface area contributed by atoms with E-state index in [1.165, 1.54) is 6.07 Å². The first-order valence-electron chi connectivity index (χ1n) is 4.28. The quantitative estimate of drug-likeness (QED) is 0.819. The second-order valence-electron chi connectivity index (χ2n) is 2.98. The van der Waals surface area contributed by atoms with Crippen LogP contribution in [0.15, 0.2) is 12.1 Å². The molecule has 0 fully saturated rings. The van der Waals surface area contributed by atoms with E-state index in [4.69, 9.17) is 11.0 Å². The number of aromatic hydroxyl groups is 1. The third-order valence-corrected chi connectivity index (χ3v) is 2.10. The Hall–Kier alpha value is -1.31. The van der Waals surface area contributed by atoms with Crippen molar-refractivity contribution in [3.8, 4) is 11.8 Å². The van der Waals surface area contributed by atoms with E-state index < -0.39 is 17.6 Å². The number of phenolic OH excluding ortho intramolecular Hbond substituents is 1. The van der Waals surface area contributed by atoms with Gasteiger partial charge in [-0.2, -0.15) is 5.26 Å². The van der Waals surface area contributed by atoms with Crippen LogP contribution < -0.4 is 5.73 Å². The molecule has 0 aliphatic heterocycles. The fraction of sp³-hybridized carbons (Fsp3) is 0.300. The lowest BCUT2D eigenvalue weighted by atomic mass is 9.98. The number of phenols is 1. The molecule has 15 heavy (non-hydrogen) atoms. The van der Waals surface area contributed by atoms with Gasteiger partial charge in [0.25, 0.3) is 0 Å². The lowest BCUT2D eigenvalue weighted by Gasteiger charge is -2.13. The Bertz CT molecular complexity index is 390. The van der Waals surface area contributed by atoms with E-state index in [1.54, 1.807) is 6.92 Å². The van der Waals surface area contributed by atoms with Crippen LogP contribution in [0.25, 0.3) is 0 Å². The van der Waals surface area contributed by atoms with Gasteiger partial charge in [0.1, 0.15) is 0 Å². The summed E-state index contributed by atoms with van der Waals surface area (Å²) in [6.45, 7) is 1.80. The fourth-order valence-electron chi connectivity index (χ4n) is 1.26. The molecular formula is C10H12ClFN2O. The van der Waals surface area contributed by atoms with E-state index in [2.05, 4.69) is 0 Å². The van der Waals surface area contributed by atoms with Crippen LogP contribution in [-0.4, -0.2) is 5.11 Å². The maximum Gasteiger partial charge on any atom is 0.165 e. The third-order valence-electron chi connectivity index (χ3n) is 2.10. The van der Waals surface area contributed by atoms with Crippen molar-refractivity contribution in [2.75, 3.05) is 0 Å². The first-order chi connectivity index (χ1) is 6.61. The average Bonchev–Trinajstić information content (AvgIpc) is 2.20. The van der Waals surface area contributed by atoms with E-state index in [0.29, 0.717) is 6.42 Å². The van der Waals surface area contributed by atoms with Crippen molar-refractivity contribution in [3.05, 3.63) is 29.1 Å². The van der Waals surface area contributed by atoms with Gasteiger partial charge in [0.15, 0.2) is 11.6 Å². The third kappa shape index (κ3) is 2.58. The zero-order chi connectivity index (χ0) is 10.7. The van der Waals surface area contributed by atoms with Gasteiger partial charge in [0.05, 0.1) is 11.6 Å². The van der Waals surface area contributed by atoms with Crippen LogP contribution >= 0.6 is 12.4 Å². The van der Waals surface area contributed by atoms with Crippen LogP contribution in [0.5, 0.6) is 5.75 Å². The van der Waals surface area contributed by atoms with Gasteiger partial charge in [0, 0.05) is 11.6 Å². The lowest BCUT2D eigenvalue weighted by molar-refractivity contribution is 0.419. The molecule has 1 aromatic carbocycles. The number of hydrogen-bond donors (Lipinski definition) is 2. The molecule has 0 radical (unpaired) electrons. The van der Waals surface area contributed by atoms with Crippen molar-refractivity contribution < 1.29 is 9.50 Å². The van der Waals surface area contributed by atoms with E-state index in [1.807, 2.05) is 6.07 Å². The SMILES string of the molecule is CC[C@H](N)c1c(C#N)ccc(F)c1O.Cl. The van der Waals surface area contributed by atoms with Crippen molar-refractivity contribution in [2.24, 2.45) is 5.73 Å². The van der Waals surface area contributed by atoms with Gasteiger partial charge in [0.2, 0.25) is 0 Å². The van der Waals surface area contributed by atoms with Gasteiger partial charge in [-0.3, -0.25) is 0 Å². The molecule has 0 saturated heterocycles. The van der Waals surface area contributed by atoms with Crippen LogP contribution in [0.4, 0.5) is 4.39 Å². The Kier molecular flexibility index (Phi) is 5.06. The molecule has 1 atom stereocenters. The van der Waals surface area contributed by atoms with E-state index in [0.717, 1.165) is 6.07 Å². The van der Waals surface area contributed by atoms with Crippen molar-refractivity contribution in [3.63, 3.8) is 0 Å². The second-order valence-corrected chi connectivity index (χ2v) is 2.98. The van der Waals surface area contributed by atoms with Crippen LogP contribution in [0.2, 0.25) is 0 Å². The summed E-state index contributed by atoms with van der Waals surface area (Å²) in [4.78, 5) is 0. The lowest BCUT2D eigenvalue weighted by Crippen LogP contribution is -2.11. The highest BCUT2D eigenvalue weighted by Gasteiger charge is 2.17. The van der Waals surface area contributed by atoms with E-state index in [9.17, 15) is 9.50 Å². The predicted octanol–water partition coefficient (Wildman–Crippen LogP) is 2.23. The molecule has 0 unspecified atom stereocenters. The summed E-state index contributed by atoms with van der Waals surface area (Å²) in [6.07, 6.45) is 0.533. The largest absolute Gasteiger partial charge is 0.505 e. The van der Waals surface area contributed by atoms with Gasteiger partial charge in [-0.1, -0.05) is 6.92 Å². The number of rotatable bonds is 2. The summed E-state index contributed by atoms with van der Waals surface area (Å²) >= 11 is 0. The van der Waals surface area contributed by atoms with E-state index in [-0.39, 0.29) is 23.5 Å². The summed E-state index contributed by atoms with van der Waals surface area (Å²) in [5.74, 6) is -1.26. The Morgan fingerprint density at radius 2 is 2.20 bits per heavy atom.